The van der Waals surface area contributed by atoms with E-state index in [-0.39, 0.29) is 0 Å². The Morgan fingerprint density at radius 2 is 2.13 bits per heavy atom. The maximum Gasteiger partial charge on any atom is 0.175 e. The molecule has 6 heteroatoms. The summed E-state index contributed by atoms with van der Waals surface area (Å²) in [6.45, 7) is 4.27. The number of thioether (sulfide) groups is 1. The van der Waals surface area contributed by atoms with E-state index in [4.69, 9.17) is 11.6 Å². The van der Waals surface area contributed by atoms with Gasteiger partial charge in [0.15, 0.2) is 16.7 Å². The van der Waals surface area contributed by atoms with Gasteiger partial charge in [-0.1, -0.05) is 47.6 Å². The molecule has 2 aromatic rings. The molecule has 0 bridgehead atoms. The van der Waals surface area contributed by atoms with E-state index in [0.717, 1.165) is 10.7 Å². The fourth-order valence-corrected chi connectivity index (χ4v) is 3.72. The number of aromatic nitrogens is 1. The first-order valence-electron chi connectivity index (χ1n) is 7.13. The van der Waals surface area contributed by atoms with Gasteiger partial charge >= 0.3 is 0 Å². The molecule has 1 N–H and O–H groups in total. The highest BCUT2D eigenvalue weighted by atomic mass is 35.5. The number of pyridine rings is 1. The van der Waals surface area contributed by atoms with Crippen molar-refractivity contribution in [2.75, 3.05) is 12.3 Å². The van der Waals surface area contributed by atoms with E-state index < -0.39 is 5.72 Å². The highest BCUT2D eigenvalue weighted by Gasteiger charge is 2.44. The molecule has 4 nitrogen and oxygen atoms in total. The Balaban J connectivity index is 1.97. The molecule has 1 aliphatic heterocycles. The molecule has 0 unspecified atom stereocenters. The zero-order chi connectivity index (χ0) is 16.3. The summed E-state index contributed by atoms with van der Waals surface area (Å²) in [7, 11) is 0. The van der Waals surface area contributed by atoms with Gasteiger partial charge in [-0.05, 0) is 24.3 Å². The topological polar surface area (TPSA) is 48.7 Å². The van der Waals surface area contributed by atoms with Crippen LogP contribution in [0.2, 0.25) is 5.02 Å². The average molecular weight is 346 g/mol. The number of amidine groups is 1. The minimum absolute atomic E-state index is 0.480. The van der Waals surface area contributed by atoms with Crippen molar-refractivity contribution in [2.45, 2.75) is 5.72 Å². The van der Waals surface area contributed by atoms with E-state index in [2.05, 4.69) is 16.6 Å². The van der Waals surface area contributed by atoms with Crippen LogP contribution < -0.4 is 0 Å². The molecule has 1 saturated heterocycles. The van der Waals surface area contributed by atoms with Crippen molar-refractivity contribution in [3.63, 3.8) is 0 Å². The minimum Gasteiger partial charge on any atom is -0.366 e. The number of benzene rings is 1. The van der Waals surface area contributed by atoms with Crippen LogP contribution in [0.25, 0.3) is 0 Å². The molecule has 1 fully saturated rings. The van der Waals surface area contributed by atoms with Gasteiger partial charge in [0.2, 0.25) is 0 Å². The number of aliphatic hydroxyl groups is 1. The summed E-state index contributed by atoms with van der Waals surface area (Å²) < 4.78 is 0. The van der Waals surface area contributed by atoms with Gasteiger partial charge < -0.3 is 10.0 Å². The predicted molar refractivity (Wildman–Crippen MR) is 96.0 cm³/mol. The zero-order valence-corrected chi connectivity index (χ0v) is 14.0. The summed E-state index contributed by atoms with van der Waals surface area (Å²) in [6.07, 6.45) is 3.45. The van der Waals surface area contributed by atoms with Crippen molar-refractivity contribution in [3.8, 4) is 0 Å². The molecule has 1 atom stereocenters. The molecule has 0 amide bonds. The third-order valence-electron chi connectivity index (χ3n) is 3.56. The van der Waals surface area contributed by atoms with Crippen LogP contribution in [0.5, 0.6) is 0 Å². The van der Waals surface area contributed by atoms with E-state index >= 15 is 0 Å². The van der Waals surface area contributed by atoms with Crippen molar-refractivity contribution >= 4 is 34.3 Å². The molecule has 23 heavy (non-hydrogen) atoms. The number of hydrogen-bond acceptors (Lipinski definition) is 4. The number of nitrogens with zero attached hydrogens (tertiary/aromatic N) is 3. The van der Waals surface area contributed by atoms with Gasteiger partial charge in [0.05, 0.1) is 5.75 Å². The summed E-state index contributed by atoms with van der Waals surface area (Å²) in [5.41, 5.74) is -0.362. The molecule has 1 aromatic heterocycles. The van der Waals surface area contributed by atoms with Gasteiger partial charge in [0.1, 0.15) is 0 Å². The molecule has 2 heterocycles. The largest absolute Gasteiger partial charge is 0.366 e. The monoisotopic (exact) mass is 345 g/mol. The Labute approximate surface area is 144 Å². The van der Waals surface area contributed by atoms with Crippen LogP contribution in [0.1, 0.15) is 5.56 Å². The second-order valence-corrected chi connectivity index (χ2v) is 6.47. The van der Waals surface area contributed by atoms with E-state index in [1.807, 2.05) is 35.2 Å². The first-order chi connectivity index (χ1) is 11.1. The van der Waals surface area contributed by atoms with Crippen LogP contribution in [0.3, 0.4) is 0 Å². The summed E-state index contributed by atoms with van der Waals surface area (Å²) in [6, 6.07) is 12.8. The smallest absolute Gasteiger partial charge is 0.175 e. The lowest BCUT2D eigenvalue weighted by molar-refractivity contribution is -0.0422. The lowest BCUT2D eigenvalue weighted by Crippen LogP contribution is -2.45. The standard InChI is InChI=1S/C17H16ClN3OS/c1-2-11-21-16(20-15-5-3-4-10-19-15)23-12-17(21,22)13-6-8-14(18)9-7-13/h2-10,22H,1,11-12H2/t17-/m0/s1. The van der Waals surface area contributed by atoms with Gasteiger partial charge in [0.25, 0.3) is 0 Å². The Bertz CT molecular complexity index is 720. The van der Waals surface area contributed by atoms with Gasteiger partial charge in [-0.15, -0.1) is 6.58 Å². The van der Waals surface area contributed by atoms with Gasteiger partial charge in [0, 0.05) is 23.3 Å². The van der Waals surface area contributed by atoms with Crippen molar-refractivity contribution in [1.29, 1.82) is 0 Å². The molecule has 118 valence electrons. The maximum atomic E-state index is 11.2. The van der Waals surface area contributed by atoms with E-state index in [1.54, 1.807) is 24.4 Å². The van der Waals surface area contributed by atoms with Crippen molar-refractivity contribution < 1.29 is 5.11 Å². The lowest BCUT2D eigenvalue weighted by Gasteiger charge is -2.33. The van der Waals surface area contributed by atoms with Crippen molar-refractivity contribution in [1.82, 2.24) is 9.88 Å². The minimum atomic E-state index is -1.14. The summed E-state index contributed by atoms with van der Waals surface area (Å²) in [5.74, 6) is 1.10. The van der Waals surface area contributed by atoms with Gasteiger partial charge in [-0.2, -0.15) is 0 Å². The lowest BCUT2D eigenvalue weighted by atomic mass is 10.0. The molecule has 0 saturated carbocycles. The predicted octanol–water partition coefficient (Wildman–Crippen LogP) is 3.80. The van der Waals surface area contributed by atoms with Crippen LogP contribution in [0.4, 0.5) is 5.82 Å². The van der Waals surface area contributed by atoms with E-state index in [0.29, 0.717) is 23.1 Å². The van der Waals surface area contributed by atoms with E-state index in [9.17, 15) is 5.11 Å². The van der Waals surface area contributed by atoms with Crippen LogP contribution >= 0.6 is 23.4 Å². The number of halogens is 1. The second-order valence-electron chi connectivity index (χ2n) is 5.09. The third kappa shape index (κ3) is 3.27. The summed E-state index contributed by atoms with van der Waals surface area (Å²) in [5, 5.41) is 12.6. The maximum absolute atomic E-state index is 11.2. The van der Waals surface area contributed by atoms with Crippen LogP contribution in [-0.2, 0) is 5.72 Å². The first kappa shape index (κ1) is 16.1. The first-order valence-corrected chi connectivity index (χ1v) is 8.49. The molecule has 1 aliphatic rings. The molecule has 0 aliphatic carbocycles. The Kier molecular flexibility index (Phi) is 4.71. The quantitative estimate of drug-likeness (QED) is 0.856. The van der Waals surface area contributed by atoms with E-state index in [1.165, 1.54) is 11.8 Å². The summed E-state index contributed by atoms with van der Waals surface area (Å²) in [4.78, 5) is 10.6. The zero-order valence-electron chi connectivity index (χ0n) is 12.4. The highest BCUT2D eigenvalue weighted by molar-refractivity contribution is 8.14. The Morgan fingerprint density at radius 3 is 2.78 bits per heavy atom. The summed E-state index contributed by atoms with van der Waals surface area (Å²) >= 11 is 7.45. The highest BCUT2D eigenvalue weighted by Crippen LogP contribution is 2.39. The Hall–Kier alpha value is -1.82. The fourth-order valence-electron chi connectivity index (χ4n) is 2.40. The second kappa shape index (κ2) is 6.74. The van der Waals surface area contributed by atoms with Gasteiger partial charge in [-0.3, -0.25) is 0 Å². The molecule has 3 rings (SSSR count). The number of hydrogen-bond donors (Lipinski definition) is 1. The fraction of sp³-hybridized carbons (Fsp3) is 0.176. The molecule has 0 radical (unpaired) electrons. The number of aliphatic imine (C=N–C) groups is 1. The Morgan fingerprint density at radius 1 is 1.35 bits per heavy atom. The molecule has 0 spiro atoms. The normalized spacial score (nSPS) is 22.5. The van der Waals surface area contributed by atoms with Crippen molar-refractivity contribution in [2.24, 2.45) is 4.99 Å². The van der Waals surface area contributed by atoms with Crippen molar-refractivity contribution in [3.05, 3.63) is 71.9 Å². The molecular weight excluding hydrogens is 330 g/mol. The van der Waals surface area contributed by atoms with Crippen LogP contribution in [-0.4, -0.2) is 32.5 Å². The SMILES string of the molecule is C=CCN1C(=Nc2ccccn2)SC[C@]1(O)c1ccc(Cl)cc1. The molecule has 1 aromatic carbocycles. The average Bonchev–Trinajstić information content (AvgIpc) is 2.87. The molecular formula is C17H16ClN3OS. The van der Waals surface area contributed by atoms with Crippen LogP contribution in [0, 0.1) is 0 Å². The third-order valence-corrected chi connectivity index (χ3v) is 4.93. The number of rotatable bonds is 4. The van der Waals surface area contributed by atoms with Crippen LogP contribution in [0.15, 0.2) is 66.3 Å². The van der Waals surface area contributed by atoms with Gasteiger partial charge in [-0.25, -0.2) is 9.98 Å².